The number of benzene rings is 11. The summed E-state index contributed by atoms with van der Waals surface area (Å²) in [5, 5.41) is 33.4. The molecule has 82 heavy (non-hydrogen) atoms. The van der Waals surface area contributed by atoms with Gasteiger partial charge in [0.05, 0.1) is 51.6 Å². The molecule has 13 aromatic rings. The quantitative estimate of drug-likeness (QED) is 0.138. The van der Waals surface area contributed by atoms with E-state index in [4.69, 9.17) is 15.0 Å². The van der Waals surface area contributed by atoms with E-state index < -0.39 is 0 Å². The SMILES string of the molecule is N#Cc1ccc2c(c1)B1c3cc(C#N)ccc3N(c3ccccc3)c3cc(-c4ccc5c(c4)c4cc(-c6ccccc6)ccc4n5-c4ccc(C#N)cc4-c4nc(-c5ccccc5)nc(-c5ccccc5)n4)cc(c31)N2c1ccccc1. The molecule has 0 aliphatic carbocycles. The first-order chi connectivity index (χ1) is 40.5. The van der Waals surface area contributed by atoms with Crippen LogP contribution in [0.1, 0.15) is 16.7 Å². The fourth-order valence-electron chi connectivity index (χ4n) is 12.2. The standard InChI is InChI=1S/C72H42BN9/c74-43-46-26-31-64(59(36-46)72-78-70(50-18-8-2-9-19-50)77-71(79-72)51-20-10-3-11-21-51)82-62-34-29-52(49-16-6-1-7-17-49)39-57(62)58-40-53(30-35-63(58)82)54-41-67-69-68(42-54)81(56-24-14-5-15-25-56)66-33-28-48(45-76)38-61(66)73(69)60-37-47(44-75)27-32-65(60)80(67)55-22-12-4-13-23-55/h1-42H. The summed E-state index contributed by atoms with van der Waals surface area (Å²) >= 11 is 0. The smallest absolute Gasteiger partial charge is 0.252 e. The zero-order chi connectivity index (χ0) is 54.8. The average molecular weight is 1040 g/mol. The monoisotopic (exact) mass is 1040 g/mol. The summed E-state index contributed by atoms with van der Waals surface area (Å²) in [6, 6.07) is 94.1. The zero-order valence-electron chi connectivity index (χ0n) is 43.9. The number of nitrogens with zero attached hydrogens (tertiary/aromatic N) is 9. The van der Waals surface area contributed by atoms with Gasteiger partial charge in [0.15, 0.2) is 17.5 Å². The van der Waals surface area contributed by atoms with E-state index in [-0.39, 0.29) is 6.71 Å². The number of aromatic nitrogens is 4. The number of hydrogen-bond donors (Lipinski definition) is 0. The second kappa shape index (κ2) is 19.4. The lowest BCUT2D eigenvalue weighted by Crippen LogP contribution is -2.61. The van der Waals surface area contributed by atoms with Gasteiger partial charge in [-0.1, -0.05) is 140 Å². The van der Waals surface area contributed by atoms with Crippen LogP contribution in [0, 0.1) is 34.0 Å². The molecule has 378 valence electrons. The summed E-state index contributed by atoms with van der Waals surface area (Å²) in [6.45, 7) is -0.305. The first kappa shape index (κ1) is 47.6. The average Bonchev–Trinajstić information content (AvgIpc) is 2.48. The number of nitriles is 3. The molecule has 0 radical (unpaired) electrons. The Morgan fingerprint density at radius 3 is 1.18 bits per heavy atom. The number of hydrogen-bond acceptors (Lipinski definition) is 8. The lowest BCUT2D eigenvalue weighted by molar-refractivity contribution is 1.06. The van der Waals surface area contributed by atoms with E-state index in [0.717, 1.165) is 111 Å². The lowest BCUT2D eigenvalue weighted by Gasteiger charge is -2.44. The number of rotatable bonds is 8. The molecule has 0 amide bonds. The van der Waals surface area contributed by atoms with Crippen LogP contribution in [0.2, 0.25) is 0 Å². The Balaban J connectivity index is 1.000. The highest BCUT2D eigenvalue weighted by molar-refractivity contribution is 7.00. The number of fused-ring (bicyclic) bond motifs is 7. The van der Waals surface area contributed by atoms with Crippen LogP contribution >= 0.6 is 0 Å². The molecule has 10 heteroatoms. The molecule has 11 aromatic carbocycles. The molecular weight excluding hydrogens is 1000 g/mol. The summed E-state index contributed by atoms with van der Waals surface area (Å²) in [7, 11) is 0. The fourth-order valence-corrected chi connectivity index (χ4v) is 12.2. The van der Waals surface area contributed by atoms with E-state index in [2.05, 4.69) is 166 Å². The van der Waals surface area contributed by atoms with Crippen molar-refractivity contribution in [1.29, 1.82) is 15.8 Å². The maximum Gasteiger partial charge on any atom is 0.252 e. The van der Waals surface area contributed by atoms with Crippen LogP contribution in [0.3, 0.4) is 0 Å². The first-order valence-corrected chi connectivity index (χ1v) is 27.0. The maximum atomic E-state index is 10.5. The third-order valence-corrected chi connectivity index (χ3v) is 15.9. The van der Waals surface area contributed by atoms with Crippen LogP contribution in [0.15, 0.2) is 255 Å². The van der Waals surface area contributed by atoms with Crippen LogP contribution in [0.5, 0.6) is 0 Å². The molecule has 2 aromatic heterocycles. The zero-order valence-corrected chi connectivity index (χ0v) is 43.9. The highest BCUT2D eigenvalue weighted by Gasteiger charge is 2.44. The third-order valence-electron chi connectivity index (χ3n) is 15.9. The summed E-state index contributed by atoms with van der Waals surface area (Å²) in [5.41, 5.74) is 19.8. The van der Waals surface area contributed by atoms with Gasteiger partial charge in [-0.3, -0.25) is 0 Å². The first-order valence-electron chi connectivity index (χ1n) is 27.0. The Kier molecular flexibility index (Phi) is 11.2. The Bertz CT molecular complexity index is 4660. The molecule has 0 saturated carbocycles. The predicted octanol–water partition coefficient (Wildman–Crippen LogP) is 15.0. The van der Waals surface area contributed by atoms with Gasteiger partial charge in [-0.25, -0.2) is 15.0 Å². The molecule has 4 heterocycles. The van der Waals surface area contributed by atoms with Crippen LogP contribution < -0.4 is 26.2 Å². The Morgan fingerprint density at radius 1 is 0.317 bits per heavy atom. The Labute approximate surface area is 473 Å². The molecule has 2 aliphatic rings. The van der Waals surface area contributed by atoms with Crippen molar-refractivity contribution in [1.82, 2.24) is 19.5 Å². The van der Waals surface area contributed by atoms with Gasteiger partial charge >= 0.3 is 0 Å². The minimum atomic E-state index is -0.305. The van der Waals surface area contributed by atoms with Crippen LogP contribution in [-0.2, 0) is 0 Å². The molecule has 0 bridgehead atoms. The van der Waals surface area contributed by atoms with E-state index >= 15 is 0 Å². The molecule has 0 spiro atoms. The fraction of sp³-hybridized carbons (Fsp3) is 0. The van der Waals surface area contributed by atoms with Crippen molar-refractivity contribution < 1.29 is 0 Å². The predicted molar refractivity (Wildman–Crippen MR) is 330 cm³/mol. The molecule has 0 atom stereocenters. The van der Waals surface area contributed by atoms with Crippen molar-refractivity contribution in [2.45, 2.75) is 0 Å². The van der Waals surface area contributed by atoms with Crippen molar-refractivity contribution in [3.8, 4) is 80.3 Å². The van der Waals surface area contributed by atoms with E-state index in [1.165, 1.54) is 0 Å². The van der Waals surface area contributed by atoms with Crippen LogP contribution in [0.25, 0.3) is 83.9 Å². The minimum Gasteiger partial charge on any atom is -0.311 e. The van der Waals surface area contributed by atoms with Gasteiger partial charge in [-0.15, -0.1) is 0 Å². The second-order valence-corrected chi connectivity index (χ2v) is 20.5. The van der Waals surface area contributed by atoms with E-state index in [9.17, 15) is 15.8 Å². The summed E-state index contributed by atoms with van der Waals surface area (Å²) < 4.78 is 2.28. The van der Waals surface area contributed by atoms with Gasteiger partial charge in [0.2, 0.25) is 0 Å². The van der Waals surface area contributed by atoms with Crippen molar-refractivity contribution in [3.05, 3.63) is 271 Å². The third kappa shape index (κ3) is 7.81. The van der Waals surface area contributed by atoms with Gasteiger partial charge < -0.3 is 14.4 Å². The molecule has 0 fully saturated rings. The highest BCUT2D eigenvalue weighted by Crippen LogP contribution is 2.47. The van der Waals surface area contributed by atoms with Crippen molar-refractivity contribution in [2.24, 2.45) is 0 Å². The van der Waals surface area contributed by atoms with Crippen molar-refractivity contribution in [2.75, 3.05) is 9.80 Å². The summed E-state index contributed by atoms with van der Waals surface area (Å²) in [5.74, 6) is 1.49. The lowest BCUT2D eigenvalue weighted by atomic mass is 9.33. The molecule has 0 N–H and O–H groups in total. The molecule has 0 unspecified atom stereocenters. The van der Waals surface area contributed by atoms with Gasteiger partial charge in [-0.05, 0) is 154 Å². The van der Waals surface area contributed by atoms with Crippen LogP contribution in [-0.4, -0.2) is 26.2 Å². The second-order valence-electron chi connectivity index (χ2n) is 20.5. The van der Waals surface area contributed by atoms with E-state index in [0.29, 0.717) is 39.7 Å². The topological polar surface area (TPSA) is 121 Å². The van der Waals surface area contributed by atoms with Gasteiger partial charge in [0, 0.05) is 61.6 Å². The maximum absolute atomic E-state index is 10.5. The molecule has 9 nitrogen and oxygen atoms in total. The van der Waals surface area contributed by atoms with Gasteiger partial charge in [0.25, 0.3) is 6.71 Å². The molecular formula is C72H42BN9. The van der Waals surface area contributed by atoms with Crippen molar-refractivity contribution in [3.63, 3.8) is 0 Å². The molecule has 0 saturated heterocycles. The van der Waals surface area contributed by atoms with E-state index in [1.807, 2.05) is 121 Å². The normalized spacial score (nSPS) is 12.0. The van der Waals surface area contributed by atoms with Gasteiger partial charge in [-0.2, -0.15) is 15.8 Å². The minimum absolute atomic E-state index is 0.305. The summed E-state index contributed by atoms with van der Waals surface area (Å²) in [6.07, 6.45) is 0. The molecule has 2 aliphatic heterocycles. The van der Waals surface area contributed by atoms with Crippen molar-refractivity contribution >= 4 is 79.0 Å². The largest absolute Gasteiger partial charge is 0.311 e. The number of anilines is 6. The molecule has 15 rings (SSSR count). The van der Waals surface area contributed by atoms with E-state index in [1.54, 1.807) is 0 Å². The van der Waals surface area contributed by atoms with Crippen LogP contribution in [0.4, 0.5) is 34.1 Å². The Hall–Kier alpha value is -11.6. The van der Waals surface area contributed by atoms with Gasteiger partial charge in [0.1, 0.15) is 0 Å². The number of para-hydroxylation sites is 2. The summed E-state index contributed by atoms with van der Waals surface area (Å²) in [4.78, 5) is 20.1. The Morgan fingerprint density at radius 2 is 0.720 bits per heavy atom. The highest BCUT2D eigenvalue weighted by atomic mass is 15.2.